The normalized spacial score (nSPS) is 10.7. The third-order valence-electron chi connectivity index (χ3n) is 6.94. The molecule has 0 unspecified atom stereocenters. The van der Waals surface area contributed by atoms with Crippen LogP contribution in [0.25, 0.3) is 0 Å². The molecule has 0 aliphatic carbocycles. The Morgan fingerprint density at radius 3 is 0.925 bits per heavy atom. The number of carbonyl (C=O) groups excluding carboxylic acids is 2. The molecule has 0 heterocycles. The van der Waals surface area contributed by atoms with E-state index in [0.717, 1.165) is 38.5 Å². The van der Waals surface area contributed by atoms with Crippen molar-refractivity contribution in [2.45, 2.75) is 174 Å². The van der Waals surface area contributed by atoms with E-state index in [0.29, 0.717) is 12.8 Å². The van der Waals surface area contributed by atoms with Gasteiger partial charge in [0.1, 0.15) is 5.54 Å². The maximum atomic E-state index is 12.6. The number of hydrogen-bond donors (Lipinski definition) is 4. The van der Waals surface area contributed by atoms with Crippen molar-refractivity contribution in [1.29, 1.82) is 0 Å². The predicted molar refractivity (Wildman–Crippen MR) is 166 cm³/mol. The molecule has 8 heteroatoms. The number of carboxylic acid groups (broad SMARTS) is 2. The molecule has 6 N–H and O–H groups in total. The van der Waals surface area contributed by atoms with Gasteiger partial charge in [0.25, 0.3) is 0 Å². The fraction of sp³-hybridized carbons (Fsp3) is 0.875. The van der Waals surface area contributed by atoms with Gasteiger partial charge in [-0.25, -0.2) is 0 Å². The number of aliphatic carboxylic acids is 2. The fourth-order valence-electron chi connectivity index (χ4n) is 4.02. The van der Waals surface area contributed by atoms with Crippen molar-refractivity contribution in [2.24, 2.45) is 11.5 Å². The van der Waals surface area contributed by atoms with Crippen LogP contribution < -0.4 is 11.5 Å². The number of nitrogens with two attached hydrogens (primary N) is 2. The summed E-state index contributed by atoms with van der Waals surface area (Å²) in [6.07, 6.45) is 22.8. The van der Waals surface area contributed by atoms with Crippen LogP contribution in [0, 0.1) is 0 Å². The van der Waals surface area contributed by atoms with Crippen LogP contribution in [-0.2, 0) is 19.2 Å². The third-order valence-corrected chi connectivity index (χ3v) is 6.94. The van der Waals surface area contributed by atoms with E-state index in [1.165, 1.54) is 77.0 Å². The van der Waals surface area contributed by atoms with Gasteiger partial charge in [0.2, 0.25) is 0 Å². The molecule has 0 saturated carbocycles. The molecule has 0 saturated heterocycles. The minimum Gasteiger partial charge on any atom is -0.481 e. The number of Topliss-reactive ketones (excluding diaryl/α,β-unsaturated/α-hetero) is 2. The first-order chi connectivity index (χ1) is 19.1. The molecule has 0 fully saturated rings. The Balaban J connectivity index is -0.00000116. The molecule has 0 amide bonds. The molecule has 238 valence electrons. The van der Waals surface area contributed by atoms with Gasteiger partial charge in [-0.2, -0.15) is 0 Å². The van der Waals surface area contributed by atoms with E-state index in [9.17, 15) is 19.2 Å². The van der Waals surface area contributed by atoms with E-state index in [4.69, 9.17) is 21.7 Å². The number of carbonyl (C=O) groups is 4. The highest BCUT2D eigenvalue weighted by Gasteiger charge is 2.38. The standard InChI is InChI=1S/C26H52N2O2.2C3H6O2/c1-3-5-7-9-11-13-15-17-19-21-24(29)26(28,23-27)25(30)22-20-18-16-14-12-10-8-6-4-2;2*1-2-3(4)5/h3-23,27-28H2,1-2H3;2*2H2,1H3,(H,4,5). The molecule has 0 spiro atoms. The smallest absolute Gasteiger partial charge is 0.303 e. The van der Waals surface area contributed by atoms with Gasteiger partial charge in [-0.3, -0.25) is 19.2 Å². The maximum Gasteiger partial charge on any atom is 0.303 e. The minimum atomic E-state index is -1.46. The van der Waals surface area contributed by atoms with Crippen LogP contribution in [0.5, 0.6) is 0 Å². The highest BCUT2D eigenvalue weighted by molar-refractivity contribution is 6.11. The number of rotatable bonds is 25. The van der Waals surface area contributed by atoms with Crippen molar-refractivity contribution in [3.8, 4) is 0 Å². The van der Waals surface area contributed by atoms with E-state index in [1.807, 2.05) is 0 Å². The molecule has 0 rings (SSSR count). The molecule has 0 aliphatic heterocycles. The average Bonchev–Trinajstić information content (AvgIpc) is 2.95. The predicted octanol–water partition coefficient (Wildman–Crippen LogP) is 7.58. The van der Waals surface area contributed by atoms with E-state index < -0.39 is 17.5 Å². The van der Waals surface area contributed by atoms with Crippen LogP contribution in [0.4, 0.5) is 0 Å². The molecule has 0 atom stereocenters. The summed E-state index contributed by atoms with van der Waals surface area (Å²) in [4.78, 5) is 43.9. The minimum absolute atomic E-state index is 0.0699. The molecule has 0 radical (unpaired) electrons. The zero-order valence-corrected chi connectivity index (χ0v) is 26.4. The van der Waals surface area contributed by atoms with Crippen LogP contribution >= 0.6 is 0 Å². The number of unbranched alkanes of at least 4 members (excludes halogenated alkanes) is 16. The molecule has 0 aromatic rings. The number of hydrogen-bond acceptors (Lipinski definition) is 6. The summed E-state index contributed by atoms with van der Waals surface area (Å²) >= 11 is 0. The van der Waals surface area contributed by atoms with Gasteiger partial charge in [0.05, 0.1) is 0 Å². The highest BCUT2D eigenvalue weighted by Crippen LogP contribution is 2.17. The van der Waals surface area contributed by atoms with Crippen molar-refractivity contribution in [2.75, 3.05) is 6.54 Å². The lowest BCUT2D eigenvalue weighted by molar-refractivity contribution is -0.137. The van der Waals surface area contributed by atoms with Gasteiger partial charge >= 0.3 is 11.9 Å². The first-order valence-electron chi connectivity index (χ1n) is 16.1. The number of ketones is 2. The largest absolute Gasteiger partial charge is 0.481 e. The molecule has 0 bridgehead atoms. The van der Waals surface area contributed by atoms with E-state index in [1.54, 1.807) is 13.8 Å². The van der Waals surface area contributed by atoms with Gasteiger partial charge in [0.15, 0.2) is 11.6 Å². The molecular formula is C32H64N2O6. The topological polar surface area (TPSA) is 161 Å². The first-order valence-corrected chi connectivity index (χ1v) is 16.1. The third kappa shape index (κ3) is 29.2. The van der Waals surface area contributed by atoms with Crippen molar-refractivity contribution in [3.05, 3.63) is 0 Å². The maximum absolute atomic E-state index is 12.6. The first kappa shape index (κ1) is 42.7. The van der Waals surface area contributed by atoms with Crippen LogP contribution in [0.1, 0.15) is 169 Å². The molecule has 0 aliphatic rings. The van der Waals surface area contributed by atoms with Gasteiger partial charge in [-0.05, 0) is 12.8 Å². The van der Waals surface area contributed by atoms with Crippen LogP contribution in [0.3, 0.4) is 0 Å². The SMILES string of the molecule is CCC(=O)O.CCC(=O)O.CCCCCCCCCCCC(=O)C(N)(CN)C(=O)CCCCCCCCCCC. The lowest BCUT2D eigenvalue weighted by atomic mass is 9.84. The zero-order valence-electron chi connectivity index (χ0n) is 26.4. The molecule has 0 aromatic heterocycles. The fourth-order valence-corrected chi connectivity index (χ4v) is 4.02. The van der Waals surface area contributed by atoms with E-state index >= 15 is 0 Å². The van der Waals surface area contributed by atoms with Gasteiger partial charge in [-0.15, -0.1) is 0 Å². The Morgan fingerprint density at radius 1 is 0.500 bits per heavy atom. The lowest BCUT2D eigenvalue weighted by Gasteiger charge is -2.25. The zero-order chi connectivity index (χ0) is 31.1. The Kier molecular flexibility index (Phi) is 33.8. The van der Waals surface area contributed by atoms with Crippen molar-refractivity contribution in [3.63, 3.8) is 0 Å². The average molecular weight is 573 g/mol. The van der Waals surface area contributed by atoms with Crippen molar-refractivity contribution in [1.82, 2.24) is 0 Å². The summed E-state index contributed by atoms with van der Waals surface area (Å²) in [5.41, 5.74) is 10.5. The second-order valence-electron chi connectivity index (χ2n) is 10.7. The van der Waals surface area contributed by atoms with Crippen molar-refractivity contribution >= 4 is 23.5 Å². The van der Waals surface area contributed by atoms with Crippen LogP contribution in [0.15, 0.2) is 0 Å². The quantitative estimate of drug-likeness (QED) is 0.0642. The Hall–Kier alpha value is -1.80. The molecule has 40 heavy (non-hydrogen) atoms. The van der Waals surface area contributed by atoms with Crippen LogP contribution in [-0.4, -0.2) is 45.8 Å². The second-order valence-corrected chi connectivity index (χ2v) is 10.7. The molecular weight excluding hydrogens is 508 g/mol. The highest BCUT2D eigenvalue weighted by atomic mass is 16.4. The van der Waals surface area contributed by atoms with Gasteiger partial charge in [-0.1, -0.05) is 130 Å². The summed E-state index contributed by atoms with van der Waals surface area (Å²) in [5, 5.41) is 15.4. The summed E-state index contributed by atoms with van der Waals surface area (Å²) in [6.45, 7) is 7.60. The lowest BCUT2D eigenvalue weighted by Crippen LogP contribution is -2.60. The second kappa shape index (κ2) is 31.7. The summed E-state index contributed by atoms with van der Waals surface area (Å²) < 4.78 is 0. The van der Waals surface area contributed by atoms with E-state index in [-0.39, 0.29) is 31.0 Å². The Bertz CT molecular complexity index is 577. The van der Waals surface area contributed by atoms with E-state index in [2.05, 4.69) is 13.8 Å². The van der Waals surface area contributed by atoms with Gasteiger partial charge < -0.3 is 21.7 Å². The van der Waals surface area contributed by atoms with Crippen LogP contribution in [0.2, 0.25) is 0 Å². The summed E-state index contributed by atoms with van der Waals surface area (Å²) in [5.74, 6) is -1.81. The summed E-state index contributed by atoms with van der Waals surface area (Å²) in [7, 11) is 0. The van der Waals surface area contributed by atoms with Crippen molar-refractivity contribution < 1.29 is 29.4 Å². The Morgan fingerprint density at radius 2 is 0.725 bits per heavy atom. The summed E-state index contributed by atoms with van der Waals surface area (Å²) in [6, 6.07) is 0. The molecule has 0 aromatic carbocycles. The van der Waals surface area contributed by atoms with Gasteiger partial charge in [0, 0.05) is 32.2 Å². The Labute approximate surface area is 245 Å². The molecule has 8 nitrogen and oxygen atoms in total. The number of carboxylic acids is 2. The monoisotopic (exact) mass is 572 g/mol.